The second kappa shape index (κ2) is 17.4. The van der Waals surface area contributed by atoms with Crippen LogP contribution in [0, 0.1) is 0 Å². The van der Waals surface area contributed by atoms with Gasteiger partial charge in [-0.2, -0.15) is 0 Å². The van der Waals surface area contributed by atoms with Crippen molar-refractivity contribution >= 4 is 24.5 Å². The van der Waals surface area contributed by atoms with Crippen molar-refractivity contribution in [3.8, 4) is 0 Å². The minimum atomic E-state index is -2.85. The van der Waals surface area contributed by atoms with Crippen LogP contribution in [0.3, 0.4) is 0 Å². The van der Waals surface area contributed by atoms with Crippen LogP contribution in [0.1, 0.15) is 70.9 Å². The molecule has 4 fully saturated rings. The van der Waals surface area contributed by atoms with Gasteiger partial charge in [0.05, 0.1) is 68.1 Å². The molecule has 0 saturated carbocycles. The van der Waals surface area contributed by atoms with Gasteiger partial charge in [0.1, 0.15) is 6.10 Å². The molecule has 0 aromatic heterocycles. The molecule has 4 aliphatic rings. The van der Waals surface area contributed by atoms with E-state index < -0.39 is 20.0 Å². The SMILES string of the molecule is CC(C)(C)[Si](OC[C@@H]1O[C@@H]2C[C@@H]3O[C@@H]4C[C@H](OCc5ccccc5)[C@@](C)(CCOCc5ccccc5)O[C@H]4C[C@H]3O[C@H]2CC1=O)(c1ccccc1)c1ccccc1. The Morgan fingerprint density at radius 2 is 1.16 bits per heavy atom. The predicted molar refractivity (Wildman–Crippen MR) is 222 cm³/mol. The number of rotatable bonds is 13. The first-order valence-corrected chi connectivity index (χ1v) is 22.7. The standard InChI is InChI=1S/C48H58O8Si/c1-47(2,3)57(36-21-13-7-14-22-36,37-23-15-8-16-24-37)52-33-45-38(49)27-39-40(55-45)28-41-42(53-39)29-44-43(54-41)30-46(51-32-35-19-11-6-12-20-35)48(4,56-44)25-26-50-31-34-17-9-5-10-18-34/h5-24,39-46H,25-33H2,1-4H3/t39-,40+,41-,42+,43+,44-,45-,46-,48+/m0/s1. The van der Waals surface area contributed by atoms with Gasteiger partial charge < -0.3 is 32.8 Å². The first-order valence-electron chi connectivity index (χ1n) is 20.8. The lowest BCUT2D eigenvalue weighted by Gasteiger charge is -2.55. The van der Waals surface area contributed by atoms with E-state index in [1.165, 1.54) is 10.4 Å². The van der Waals surface area contributed by atoms with Gasteiger partial charge in [0.15, 0.2) is 5.78 Å². The van der Waals surface area contributed by atoms with E-state index in [-0.39, 0.29) is 60.2 Å². The van der Waals surface area contributed by atoms with Gasteiger partial charge in [-0.15, -0.1) is 0 Å². The van der Waals surface area contributed by atoms with Crippen molar-refractivity contribution in [1.82, 2.24) is 0 Å². The van der Waals surface area contributed by atoms with E-state index in [4.69, 9.17) is 32.8 Å². The largest absolute Gasteiger partial charge is 0.404 e. The van der Waals surface area contributed by atoms with Gasteiger partial charge in [-0.1, -0.05) is 142 Å². The predicted octanol–water partition coefficient (Wildman–Crippen LogP) is 7.34. The molecule has 0 N–H and O–H groups in total. The van der Waals surface area contributed by atoms with Gasteiger partial charge >= 0.3 is 0 Å². The van der Waals surface area contributed by atoms with E-state index in [1.54, 1.807) is 0 Å². The van der Waals surface area contributed by atoms with Gasteiger partial charge in [-0.25, -0.2) is 0 Å². The summed E-state index contributed by atoms with van der Waals surface area (Å²) in [6, 6.07) is 41.6. The smallest absolute Gasteiger partial charge is 0.261 e. The molecule has 9 heteroatoms. The number of hydrogen-bond acceptors (Lipinski definition) is 8. The number of fused-ring (bicyclic) bond motifs is 3. The first-order chi connectivity index (χ1) is 27.6. The Balaban J connectivity index is 0.941. The van der Waals surface area contributed by atoms with Crippen molar-refractivity contribution < 1.29 is 37.6 Å². The number of hydrogen-bond donors (Lipinski definition) is 0. The van der Waals surface area contributed by atoms with Crippen molar-refractivity contribution in [2.75, 3.05) is 13.2 Å². The van der Waals surface area contributed by atoms with E-state index in [9.17, 15) is 4.79 Å². The summed E-state index contributed by atoms with van der Waals surface area (Å²) in [7, 11) is -2.85. The van der Waals surface area contributed by atoms with Crippen molar-refractivity contribution in [2.45, 2.75) is 132 Å². The van der Waals surface area contributed by atoms with Gasteiger partial charge in [-0.05, 0) is 33.5 Å². The summed E-state index contributed by atoms with van der Waals surface area (Å²) in [5.74, 6) is 0.0256. The minimum absolute atomic E-state index is 0.0256. The Kier molecular flexibility index (Phi) is 12.3. The molecule has 0 unspecified atom stereocenters. The van der Waals surface area contributed by atoms with Gasteiger partial charge in [0.2, 0.25) is 0 Å². The fourth-order valence-corrected chi connectivity index (χ4v) is 14.1. The maximum atomic E-state index is 13.8. The lowest BCUT2D eigenvalue weighted by Crippen LogP contribution is -2.68. The number of carbonyl (C=O) groups is 1. The maximum Gasteiger partial charge on any atom is 0.261 e. The molecule has 302 valence electrons. The van der Waals surface area contributed by atoms with Crippen molar-refractivity contribution in [1.29, 1.82) is 0 Å². The van der Waals surface area contributed by atoms with E-state index >= 15 is 0 Å². The summed E-state index contributed by atoms with van der Waals surface area (Å²) in [6.07, 6.45) is 0.898. The van der Waals surface area contributed by atoms with Crippen molar-refractivity contribution in [2.24, 2.45) is 0 Å². The zero-order valence-electron chi connectivity index (χ0n) is 33.8. The Morgan fingerprint density at radius 1 is 0.649 bits per heavy atom. The fourth-order valence-electron chi connectivity index (χ4n) is 9.50. The van der Waals surface area contributed by atoms with Crippen molar-refractivity contribution in [3.05, 3.63) is 132 Å². The molecule has 0 radical (unpaired) electrons. The van der Waals surface area contributed by atoms with E-state index in [0.29, 0.717) is 51.9 Å². The Labute approximate surface area is 339 Å². The van der Waals surface area contributed by atoms with Crippen LogP contribution in [0.2, 0.25) is 5.04 Å². The Bertz CT molecular complexity index is 1850. The summed E-state index contributed by atoms with van der Waals surface area (Å²) in [5.41, 5.74) is 1.69. The fraction of sp³-hybridized carbons (Fsp3) is 0.479. The third-order valence-electron chi connectivity index (χ3n) is 12.5. The van der Waals surface area contributed by atoms with E-state index in [0.717, 1.165) is 11.1 Å². The number of Topliss-reactive ketones (excluding diaryl/α,β-unsaturated/α-hetero) is 1. The lowest BCUT2D eigenvalue weighted by molar-refractivity contribution is -0.312. The molecule has 0 bridgehead atoms. The minimum Gasteiger partial charge on any atom is -0.404 e. The Morgan fingerprint density at radius 3 is 1.75 bits per heavy atom. The molecule has 57 heavy (non-hydrogen) atoms. The van der Waals surface area contributed by atoms with Crippen LogP contribution in [0.15, 0.2) is 121 Å². The van der Waals surface area contributed by atoms with Gasteiger partial charge in [0, 0.05) is 38.7 Å². The molecule has 8 nitrogen and oxygen atoms in total. The van der Waals surface area contributed by atoms with E-state index in [2.05, 4.69) is 100 Å². The zero-order valence-corrected chi connectivity index (χ0v) is 34.8. The highest BCUT2D eigenvalue weighted by atomic mass is 28.4. The lowest BCUT2D eigenvalue weighted by atomic mass is 9.81. The second-order valence-corrected chi connectivity index (χ2v) is 21.8. The van der Waals surface area contributed by atoms with Crippen LogP contribution in [0.25, 0.3) is 0 Å². The zero-order chi connectivity index (χ0) is 39.5. The van der Waals surface area contributed by atoms with Crippen LogP contribution >= 0.6 is 0 Å². The van der Waals surface area contributed by atoms with Gasteiger partial charge in [-0.3, -0.25) is 4.79 Å². The molecule has 0 spiro atoms. The van der Waals surface area contributed by atoms with Crippen LogP contribution in [-0.4, -0.2) is 81.7 Å². The topological polar surface area (TPSA) is 81.7 Å². The molecular formula is C48H58O8Si. The summed E-state index contributed by atoms with van der Waals surface area (Å²) >= 11 is 0. The normalized spacial score (nSPS) is 30.2. The third-order valence-corrected chi connectivity index (χ3v) is 17.5. The Hall–Kier alpha value is -3.51. The first kappa shape index (κ1) is 40.3. The average Bonchev–Trinajstić information content (AvgIpc) is 3.22. The average molecular weight is 791 g/mol. The van der Waals surface area contributed by atoms with Crippen LogP contribution in [-0.2, 0) is 50.9 Å². The highest BCUT2D eigenvalue weighted by Crippen LogP contribution is 2.45. The highest BCUT2D eigenvalue weighted by Gasteiger charge is 2.56. The molecule has 0 aliphatic carbocycles. The third kappa shape index (κ3) is 8.77. The summed E-state index contributed by atoms with van der Waals surface area (Å²) in [6.45, 7) is 10.7. The number of ether oxygens (including phenoxy) is 6. The molecule has 4 aromatic rings. The van der Waals surface area contributed by atoms with Crippen LogP contribution in [0.5, 0.6) is 0 Å². The summed E-state index contributed by atoms with van der Waals surface area (Å²) < 4.78 is 47.2. The quantitative estimate of drug-likeness (QED) is 0.103. The molecular weight excluding hydrogens is 733 g/mol. The van der Waals surface area contributed by atoms with Crippen molar-refractivity contribution in [3.63, 3.8) is 0 Å². The summed E-state index contributed by atoms with van der Waals surface area (Å²) in [5, 5.41) is 2.14. The molecule has 4 aromatic carbocycles. The molecule has 0 amide bonds. The molecule has 9 atom stereocenters. The maximum absolute atomic E-state index is 13.8. The van der Waals surface area contributed by atoms with Crippen LogP contribution < -0.4 is 10.4 Å². The van der Waals surface area contributed by atoms with Gasteiger partial charge in [0.25, 0.3) is 8.32 Å². The van der Waals surface area contributed by atoms with E-state index in [1.807, 2.05) is 48.5 Å². The number of benzene rings is 4. The number of carbonyl (C=O) groups excluding carboxylic acids is 1. The number of ketones is 1. The molecule has 4 heterocycles. The molecule has 4 saturated heterocycles. The van der Waals surface area contributed by atoms with Crippen LogP contribution in [0.4, 0.5) is 0 Å². The molecule has 4 aliphatic heterocycles. The molecule has 8 rings (SSSR count). The monoisotopic (exact) mass is 790 g/mol. The highest BCUT2D eigenvalue weighted by molar-refractivity contribution is 6.99. The summed E-state index contributed by atoms with van der Waals surface area (Å²) in [4.78, 5) is 13.8. The second-order valence-electron chi connectivity index (χ2n) is 17.5.